The Morgan fingerprint density at radius 2 is 1.97 bits per heavy atom. The summed E-state index contributed by atoms with van der Waals surface area (Å²) in [6, 6.07) is 6.78. The van der Waals surface area contributed by atoms with E-state index in [4.69, 9.17) is 4.98 Å². The predicted molar refractivity (Wildman–Crippen MR) is 112 cm³/mol. The second-order valence-corrected chi connectivity index (χ2v) is 9.01. The average Bonchev–Trinajstić information content (AvgIpc) is 3.47. The van der Waals surface area contributed by atoms with Crippen molar-refractivity contribution in [2.75, 3.05) is 19.6 Å². The number of nitrogens with zero attached hydrogens (tertiary/aromatic N) is 2. The lowest BCUT2D eigenvalue weighted by atomic mass is 9.85. The van der Waals surface area contributed by atoms with Crippen LogP contribution in [0, 0.1) is 11.2 Å². The van der Waals surface area contributed by atoms with E-state index in [-0.39, 0.29) is 11.4 Å². The molecule has 0 amide bonds. The summed E-state index contributed by atoms with van der Waals surface area (Å²) in [5, 5.41) is 0. The van der Waals surface area contributed by atoms with Crippen LogP contribution in [0.25, 0.3) is 5.57 Å². The van der Waals surface area contributed by atoms with Crippen LogP contribution in [-0.2, 0) is 19.3 Å². The highest BCUT2D eigenvalue weighted by Crippen LogP contribution is 2.53. The van der Waals surface area contributed by atoms with E-state index in [9.17, 15) is 9.18 Å². The fourth-order valence-electron chi connectivity index (χ4n) is 4.87. The van der Waals surface area contributed by atoms with Crippen LogP contribution in [0.2, 0.25) is 0 Å². The topological polar surface area (TPSA) is 49.0 Å². The lowest BCUT2D eigenvalue weighted by molar-refractivity contribution is 0.297. The second kappa shape index (κ2) is 7.52. The van der Waals surface area contributed by atoms with E-state index >= 15 is 0 Å². The molecule has 1 aromatic heterocycles. The summed E-state index contributed by atoms with van der Waals surface area (Å²) in [6.45, 7) is 2.93. The van der Waals surface area contributed by atoms with Gasteiger partial charge < -0.3 is 4.98 Å². The summed E-state index contributed by atoms with van der Waals surface area (Å²) in [4.78, 5) is 22.7. The van der Waals surface area contributed by atoms with E-state index in [1.54, 1.807) is 0 Å². The number of nitrogens with one attached hydrogen (secondary N) is 1. The number of aromatic nitrogens is 2. The first-order chi connectivity index (χ1) is 14.1. The SMILES string of the molecule is O=c1[nH]c(CCCN2CC=C(c3ccc(F)cc3)CC2)nc2c1CCC1(CC1)C2. The van der Waals surface area contributed by atoms with Gasteiger partial charge in [0.2, 0.25) is 0 Å². The van der Waals surface area contributed by atoms with Crippen LogP contribution in [0.1, 0.15) is 54.7 Å². The fourth-order valence-corrected chi connectivity index (χ4v) is 4.87. The quantitative estimate of drug-likeness (QED) is 0.838. The van der Waals surface area contributed by atoms with Crippen LogP contribution in [0.3, 0.4) is 0 Å². The maximum absolute atomic E-state index is 13.1. The first-order valence-electron chi connectivity index (χ1n) is 10.9. The van der Waals surface area contributed by atoms with Gasteiger partial charge in [0.15, 0.2) is 0 Å². The van der Waals surface area contributed by atoms with Gasteiger partial charge in [-0.3, -0.25) is 9.69 Å². The first kappa shape index (κ1) is 18.7. The van der Waals surface area contributed by atoms with Gasteiger partial charge in [-0.15, -0.1) is 0 Å². The number of aromatic amines is 1. The molecule has 1 aromatic carbocycles. The van der Waals surface area contributed by atoms with Gasteiger partial charge in [-0.1, -0.05) is 18.2 Å². The smallest absolute Gasteiger partial charge is 0.254 e. The molecule has 1 saturated carbocycles. The zero-order valence-electron chi connectivity index (χ0n) is 16.8. The Hall–Kier alpha value is -2.27. The summed E-state index contributed by atoms with van der Waals surface area (Å²) < 4.78 is 13.1. The van der Waals surface area contributed by atoms with Crippen LogP contribution in [-0.4, -0.2) is 34.5 Å². The van der Waals surface area contributed by atoms with Crippen LogP contribution < -0.4 is 5.56 Å². The van der Waals surface area contributed by atoms with Crippen molar-refractivity contribution < 1.29 is 4.39 Å². The molecule has 2 heterocycles. The highest BCUT2D eigenvalue weighted by molar-refractivity contribution is 5.66. The summed E-state index contributed by atoms with van der Waals surface area (Å²) in [7, 11) is 0. The Morgan fingerprint density at radius 3 is 2.69 bits per heavy atom. The minimum absolute atomic E-state index is 0.0883. The van der Waals surface area contributed by atoms with Crippen molar-refractivity contribution in [3.8, 4) is 0 Å². The maximum Gasteiger partial charge on any atom is 0.254 e. The number of halogens is 1. The van der Waals surface area contributed by atoms with E-state index < -0.39 is 0 Å². The number of hydrogen-bond acceptors (Lipinski definition) is 3. The van der Waals surface area contributed by atoms with Crippen molar-refractivity contribution in [1.29, 1.82) is 0 Å². The predicted octanol–water partition coefficient (Wildman–Crippen LogP) is 3.90. The zero-order valence-corrected chi connectivity index (χ0v) is 16.8. The lowest BCUT2D eigenvalue weighted by Crippen LogP contribution is -2.30. The third-order valence-corrected chi connectivity index (χ3v) is 6.95. The fraction of sp³-hybridized carbons (Fsp3) is 0.500. The minimum atomic E-state index is -0.187. The van der Waals surface area contributed by atoms with Crippen molar-refractivity contribution in [1.82, 2.24) is 14.9 Å². The average molecular weight is 394 g/mol. The molecule has 0 unspecified atom stereocenters. The Balaban J connectivity index is 1.16. The van der Waals surface area contributed by atoms with Gasteiger partial charge in [0.25, 0.3) is 5.56 Å². The third kappa shape index (κ3) is 4.06. The summed E-state index contributed by atoms with van der Waals surface area (Å²) in [5.41, 5.74) is 4.99. The number of benzene rings is 1. The number of fused-ring (bicyclic) bond motifs is 1. The monoisotopic (exact) mass is 393 g/mol. The van der Waals surface area contributed by atoms with Gasteiger partial charge in [0, 0.05) is 25.1 Å². The third-order valence-electron chi connectivity index (χ3n) is 6.95. The molecule has 3 aliphatic rings. The molecule has 1 aliphatic heterocycles. The van der Waals surface area contributed by atoms with Crippen LogP contribution in [0.4, 0.5) is 4.39 Å². The van der Waals surface area contributed by atoms with Crippen molar-refractivity contribution >= 4 is 5.57 Å². The summed E-state index contributed by atoms with van der Waals surface area (Å²) in [6.07, 6.45) is 10.7. The number of H-pyrrole nitrogens is 1. The van der Waals surface area contributed by atoms with E-state index in [0.29, 0.717) is 5.41 Å². The molecular weight excluding hydrogens is 365 g/mol. The largest absolute Gasteiger partial charge is 0.310 e. The molecule has 0 saturated heterocycles. The van der Waals surface area contributed by atoms with Gasteiger partial charge in [0.1, 0.15) is 11.6 Å². The van der Waals surface area contributed by atoms with E-state index in [2.05, 4.69) is 16.0 Å². The van der Waals surface area contributed by atoms with Crippen molar-refractivity contribution in [2.24, 2.45) is 5.41 Å². The molecule has 5 rings (SSSR count). The molecule has 2 aliphatic carbocycles. The second-order valence-electron chi connectivity index (χ2n) is 9.01. The normalized spacial score (nSPS) is 20.4. The van der Waals surface area contributed by atoms with Gasteiger partial charge in [-0.25, -0.2) is 9.37 Å². The molecule has 0 bridgehead atoms. The summed E-state index contributed by atoms with van der Waals surface area (Å²) >= 11 is 0. The van der Waals surface area contributed by atoms with Gasteiger partial charge in [-0.2, -0.15) is 0 Å². The molecule has 4 nitrogen and oxygen atoms in total. The lowest BCUT2D eigenvalue weighted by Gasteiger charge is -2.26. The molecule has 29 heavy (non-hydrogen) atoms. The molecule has 0 atom stereocenters. The molecule has 0 radical (unpaired) electrons. The van der Waals surface area contributed by atoms with Gasteiger partial charge >= 0.3 is 0 Å². The maximum atomic E-state index is 13.1. The Kier molecular flexibility index (Phi) is 4.86. The molecule has 1 fully saturated rings. The molecule has 152 valence electrons. The van der Waals surface area contributed by atoms with E-state index in [0.717, 1.165) is 80.8 Å². The van der Waals surface area contributed by atoms with Crippen LogP contribution >= 0.6 is 0 Å². The molecule has 1 N–H and O–H groups in total. The number of hydrogen-bond donors (Lipinski definition) is 1. The molecule has 1 spiro atoms. The summed E-state index contributed by atoms with van der Waals surface area (Å²) in [5.74, 6) is 0.666. The van der Waals surface area contributed by atoms with E-state index in [1.165, 1.54) is 30.5 Å². The highest BCUT2D eigenvalue weighted by atomic mass is 19.1. The molecule has 5 heteroatoms. The Bertz CT molecular complexity index is 988. The highest BCUT2D eigenvalue weighted by Gasteiger charge is 2.45. The minimum Gasteiger partial charge on any atom is -0.310 e. The zero-order chi connectivity index (χ0) is 19.8. The van der Waals surface area contributed by atoms with Gasteiger partial charge in [0.05, 0.1) is 5.69 Å². The first-order valence-corrected chi connectivity index (χ1v) is 10.9. The van der Waals surface area contributed by atoms with Gasteiger partial charge in [-0.05, 0) is 80.2 Å². The Morgan fingerprint density at radius 1 is 1.14 bits per heavy atom. The standard InChI is InChI=1S/C24H28FN3O/c25-19-5-3-17(4-6-19)18-8-14-28(15-9-18)13-1-2-22-26-21-16-24(11-12-24)10-7-20(21)23(29)27-22/h3-6,8H,1-2,7,9-16H2,(H,26,27,29). The Labute approximate surface area is 170 Å². The number of rotatable bonds is 5. The number of aryl methyl sites for hydroxylation is 1. The van der Waals surface area contributed by atoms with Crippen molar-refractivity contribution in [3.63, 3.8) is 0 Å². The molecule has 2 aromatic rings. The molecular formula is C24H28FN3O. The van der Waals surface area contributed by atoms with Crippen molar-refractivity contribution in [3.05, 3.63) is 69.2 Å². The van der Waals surface area contributed by atoms with E-state index in [1.807, 2.05) is 12.1 Å². The van der Waals surface area contributed by atoms with Crippen molar-refractivity contribution in [2.45, 2.75) is 51.4 Å². The van der Waals surface area contributed by atoms with Crippen LogP contribution in [0.5, 0.6) is 0 Å². The van der Waals surface area contributed by atoms with Crippen LogP contribution in [0.15, 0.2) is 35.1 Å².